The molecule has 1 aromatic carbocycles. The zero-order valence-corrected chi connectivity index (χ0v) is 13.1. The van der Waals surface area contributed by atoms with Gasteiger partial charge in [-0.25, -0.2) is 13.8 Å². The van der Waals surface area contributed by atoms with Gasteiger partial charge in [0.25, 0.3) is 0 Å². The molecule has 0 radical (unpaired) electrons. The summed E-state index contributed by atoms with van der Waals surface area (Å²) in [6.07, 6.45) is 2.00. The Morgan fingerprint density at radius 1 is 1.24 bits per heavy atom. The molecule has 2 unspecified atom stereocenters. The Kier molecular flexibility index (Phi) is 3.82. The number of pyridine rings is 1. The van der Waals surface area contributed by atoms with Crippen LogP contribution < -0.4 is 5.32 Å². The van der Waals surface area contributed by atoms with Gasteiger partial charge >= 0.3 is 0 Å². The van der Waals surface area contributed by atoms with Crippen molar-refractivity contribution in [1.82, 2.24) is 9.38 Å². The second kappa shape index (κ2) is 6.15. The molecule has 126 valence electrons. The van der Waals surface area contributed by atoms with Gasteiger partial charge in [0.2, 0.25) is 0 Å². The molecule has 1 aliphatic rings. The van der Waals surface area contributed by atoms with Gasteiger partial charge in [-0.15, -0.1) is 0 Å². The van der Waals surface area contributed by atoms with Crippen molar-refractivity contribution >= 4 is 11.5 Å². The number of rotatable bonds is 3. The van der Waals surface area contributed by atoms with E-state index in [1.54, 1.807) is 10.6 Å². The van der Waals surface area contributed by atoms with Crippen LogP contribution >= 0.6 is 0 Å². The Morgan fingerprint density at radius 2 is 2.12 bits per heavy atom. The molecule has 1 saturated heterocycles. The topological polar surface area (TPSA) is 62.3 Å². The van der Waals surface area contributed by atoms with Crippen LogP contribution in [-0.2, 0) is 4.74 Å². The maximum absolute atomic E-state index is 13.5. The van der Waals surface area contributed by atoms with Crippen molar-refractivity contribution in [2.24, 2.45) is 0 Å². The minimum atomic E-state index is -0.905. The summed E-state index contributed by atoms with van der Waals surface area (Å²) in [5, 5.41) is 12.7. The molecule has 3 heterocycles. The number of hydrogen-bond donors (Lipinski definition) is 1. The standard InChI is InChI=1S/C18H14F2N4O/c19-12-5-4-11(9-13(12)20)17-14(6-8-25-17)22-18-15(10-21)24-7-2-1-3-16(24)23-18/h1-5,7,9,14,17,22H,6,8H2. The van der Waals surface area contributed by atoms with E-state index in [4.69, 9.17) is 4.74 Å². The summed E-state index contributed by atoms with van der Waals surface area (Å²) in [4.78, 5) is 4.45. The van der Waals surface area contributed by atoms with Crippen molar-refractivity contribution in [3.63, 3.8) is 0 Å². The summed E-state index contributed by atoms with van der Waals surface area (Å²) in [5.74, 6) is -1.34. The lowest BCUT2D eigenvalue weighted by Crippen LogP contribution is -2.24. The summed E-state index contributed by atoms with van der Waals surface area (Å²) in [6.45, 7) is 0.483. The molecule has 3 aromatic rings. The Bertz CT molecular complexity index is 979. The molecule has 1 aliphatic heterocycles. The molecule has 0 amide bonds. The molecule has 0 bridgehead atoms. The predicted octanol–water partition coefficient (Wildman–Crippen LogP) is 3.43. The Hall–Kier alpha value is -2.98. The molecule has 0 saturated carbocycles. The third-order valence-electron chi connectivity index (χ3n) is 4.32. The smallest absolute Gasteiger partial charge is 0.168 e. The van der Waals surface area contributed by atoms with Crippen LogP contribution in [0.5, 0.6) is 0 Å². The number of ether oxygens (including phenoxy) is 1. The summed E-state index contributed by atoms with van der Waals surface area (Å²) in [7, 11) is 0. The van der Waals surface area contributed by atoms with Crippen LogP contribution in [0, 0.1) is 23.0 Å². The Morgan fingerprint density at radius 3 is 2.92 bits per heavy atom. The second-order valence-corrected chi connectivity index (χ2v) is 5.85. The highest BCUT2D eigenvalue weighted by atomic mass is 19.2. The predicted molar refractivity (Wildman–Crippen MR) is 87.0 cm³/mol. The molecule has 4 rings (SSSR count). The highest BCUT2D eigenvalue weighted by Crippen LogP contribution is 2.32. The molecule has 1 fully saturated rings. The zero-order chi connectivity index (χ0) is 17.4. The molecular formula is C18H14F2N4O. The number of benzene rings is 1. The number of nitrogens with one attached hydrogen (secondary N) is 1. The molecule has 2 aromatic heterocycles. The first-order valence-electron chi connectivity index (χ1n) is 7.87. The lowest BCUT2D eigenvalue weighted by Gasteiger charge is -2.20. The molecule has 7 heteroatoms. The number of hydrogen-bond acceptors (Lipinski definition) is 4. The minimum absolute atomic E-state index is 0.193. The Labute approximate surface area is 142 Å². The monoisotopic (exact) mass is 340 g/mol. The SMILES string of the molecule is N#Cc1c(NC2CCOC2c2ccc(F)c(F)c2)nc2ccccn12. The van der Waals surface area contributed by atoms with Gasteiger partial charge in [0.15, 0.2) is 23.1 Å². The molecule has 0 spiro atoms. The van der Waals surface area contributed by atoms with Crippen LogP contribution in [0.25, 0.3) is 5.65 Å². The van der Waals surface area contributed by atoms with Gasteiger partial charge in [-0.2, -0.15) is 5.26 Å². The van der Waals surface area contributed by atoms with E-state index in [1.807, 2.05) is 18.2 Å². The summed E-state index contributed by atoms with van der Waals surface area (Å²) in [5.41, 5.74) is 1.60. The van der Waals surface area contributed by atoms with E-state index in [0.717, 1.165) is 12.1 Å². The summed E-state index contributed by atoms with van der Waals surface area (Å²) < 4.78 is 34.1. The number of aromatic nitrogens is 2. The van der Waals surface area contributed by atoms with Crippen molar-refractivity contribution in [3.05, 3.63) is 65.5 Å². The van der Waals surface area contributed by atoms with Crippen molar-refractivity contribution in [1.29, 1.82) is 5.26 Å². The highest BCUT2D eigenvalue weighted by molar-refractivity contribution is 5.59. The number of imidazole rings is 1. The number of halogens is 2. The molecule has 5 nitrogen and oxygen atoms in total. The third-order valence-corrected chi connectivity index (χ3v) is 4.32. The van der Waals surface area contributed by atoms with Crippen molar-refractivity contribution in [3.8, 4) is 6.07 Å². The fourth-order valence-corrected chi connectivity index (χ4v) is 3.13. The van der Waals surface area contributed by atoms with Gasteiger partial charge in [0, 0.05) is 12.8 Å². The van der Waals surface area contributed by atoms with E-state index in [-0.39, 0.29) is 6.04 Å². The number of nitrogens with zero attached hydrogens (tertiary/aromatic N) is 3. The lowest BCUT2D eigenvalue weighted by molar-refractivity contribution is 0.107. The van der Waals surface area contributed by atoms with Crippen molar-refractivity contribution in [2.75, 3.05) is 11.9 Å². The van der Waals surface area contributed by atoms with Gasteiger partial charge in [-0.05, 0) is 36.2 Å². The zero-order valence-electron chi connectivity index (χ0n) is 13.1. The molecule has 1 N–H and O–H groups in total. The van der Waals surface area contributed by atoms with Gasteiger partial charge in [0.1, 0.15) is 17.8 Å². The van der Waals surface area contributed by atoms with Crippen molar-refractivity contribution in [2.45, 2.75) is 18.6 Å². The average molecular weight is 340 g/mol. The molecule has 0 aliphatic carbocycles. The van der Waals surface area contributed by atoms with Crippen LogP contribution in [0.2, 0.25) is 0 Å². The van der Waals surface area contributed by atoms with Crippen LogP contribution in [0.15, 0.2) is 42.6 Å². The number of fused-ring (bicyclic) bond motifs is 1. The van der Waals surface area contributed by atoms with Crippen LogP contribution in [0.3, 0.4) is 0 Å². The van der Waals surface area contributed by atoms with E-state index in [0.29, 0.717) is 35.8 Å². The highest BCUT2D eigenvalue weighted by Gasteiger charge is 2.31. The lowest BCUT2D eigenvalue weighted by atomic mass is 10.0. The largest absolute Gasteiger partial charge is 0.371 e. The van der Waals surface area contributed by atoms with Crippen LogP contribution in [0.4, 0.5) is 14.6 Å². The van der Waals surface area contributed by atoms with Crippen LogP contribution in [-0.4, -0.2) is 22.0 Å². The second-order valence-electron chi connectivity index (χ2n) is 5.85. The van der Waals surface area contributed by atoms with E-state index in [9.17, 15) is 14.0 Å². The fourth-order valence-electron chi connectivity index (χ4n) is 3.13. The minimum Gasteiger partial charge on any atom is -0.371 e. The van der Waals surface area contributed by atoms with Gasteiger partial charge in [-0.1, -0.05) is 12.1 Å². The van der Waals surface area contributed by atoms with E-state index < -0.39 is 17.7 Å². The first-order chi connectivity index (χ1) is 12.2. The normalized spacial score (nSPS) is 19.9. The first kappa shape index (κ1) is 15.5. The van der Waals surface area contributed by atoms with E-state index >= 15 is 0 Å². The van der Waals surface area contributed by atoms with Gasteiger partial charge < -0.3 is 10.1 Å². The van der Waals surface area contributed by atoms with Gasteiger partial charge in [-0.3, -0.25) is 4.40 Å². The summed E-state index contributed by atoms with van der Waals surface area (Å²) >= 11 is 0. The number of anilines is 1. The van der Waals surface area contributed by atoms with E-state index in [1.165, 1.54) is 6.07 Å². The third kappa shape index (κ3) is 2.71. The maximum Gasteiger partial charge on any atom is 0.168 e. The van der Waals surface area contributed by atoms with Gasteiger partial charge in [0.05, 0.1) is 6.04 Å². The first-order valence-corrected chi connectivity index (χ1v) is 7.87. The molecule has 2 atom stereocenters. The Balaban J connectivity index is 1.66. The summed E-state index contributed by atoms with van der Waals surface area (Å²) in [6, 6.07) is 11.2. The molecular weight excluding hydrogens is 326 g/mol. The van der Waals surface area contributed by atoms with Crippen LogP contribution in [0.1, 0.15) is 23.8 Å². The quantitative estimate of drug-likeness (QED) is 0.793. The van der Waals surface area contributed by atoms with Crippen molar-refractivity contribution < 1.29 is 13.5 Å². The van der Waals surface area contributed by atoms with E-state index in [2.05, 4.69) is 16.4 Å². The maximum atomic E-state index is 13.5. The molecule has 25 heavy (non-hydrogen) atoms. The fraction of sp³-hybridized carbons (Fsp3) is 0.222. The number of nitriles is 1. The average Bonchev–Trinajstić information content (AvgIpc) is 3.21.